The number of hydrogen-bond donors (Lipinski definition) is 1. The fraction of sp³-hybridized carbons (Fsp3) is 0.333. The quantitative estimate of drug-likeness (QED) is 0.298. The first-order valence-electron chi connectivity index (χ1n) is 4.98. The SMILES string of the molecule is CC.[B]N(N)C(=O)Cc1ccccc1C.[CH3-].[Y]. The average molecular weight is 308 g/mol. The Morgan fingerprint density at radius 2 is 1.82 bits per heavy atom. The van der Waals surface area contributed by atoms with Crippen LogP contribution in [0.15, 0.2) is 24.3 Å². The Morgan fingerprint density at radius 1 is 1.35 bits per heavy atom. The minimum absolute atomic E-state index is 0. The summed E-state index contributed by atoms with van der Waals surface area (Å²) in [5.41, 5.74) is 2.02. The van der Waals surface area contributed by atoms with Gasteiger partial charge in [0.05, 0.1) is 6.42 Å². The maximum atomic E-state index is 11.1. The molecular weight excluding hydrogens is 288 g/mol. The van der Waals surface area contributed by atoms with E-state index in [0.29, 0.717) is 4.92 Å². The van der Waals surface area contributed by atoms with Crippen LogP contribution in [0.2, 0.25) is 0 Å². The molecule has 17 heavy (non-hydrogen) atoms. The molecule has 1 aromatic carbocycles. The van der Waals surface area contributed by atoms with Crippen molar-refractivity contribution in [3.63, 3.8) is 0 Å². The van der Waals surface area contributed by atoms with E-state index in [4.69, 9.17) is 13.8 Å². The van der Waals surface area contributed by atoms with Crippen molar-refractivity contribution >= 4 is 13.9 Å². The van der Waals surface area contributed by atoms with Gasteiger partial charge in [-0.05, 0) is 18.1 Å². The molecule has 0 heterocycles. The van der Waals surface area contributed by atoms with E-state index >= 15 is 0 Å². The summed E-state index contributed by atoms with van der Waals surface area (Å²) in [6.45, 7) is 5.94. The molecule has 0 atom stereocenters. The van der Waals surface area contributed by atoms with Gasteiger partial charge in [0.25, 0.3) is 7.98 Å². The molecule has 5 heteroatoms. The van der Waals surface area contributed by atoms with Gasteiger partial charge in [-0.3, -0.25) is 10.6 Å². The topological polar surface area (TPSA) is 46.3 Å². The van der Waals surface area contributed by atoms with Crippen LogP contribution in [0.4, 0.5) is 0 Å². The number of amides is 1. The van der Waals surface area contributed by atoms with Gasteiger partial charge in [0.1, 0.15) is 0 Å². The number of aryl methyl sites for hydroxylation is 1. The summed E-state index contributed by atoms with van der Waals surface area (Å²) >= 11 is 0. The van der Waals surface area contributed by atoms with E-state index in [9.17, 15) is 4.79 Å². The molecule has 0 saturated heterocycles. The molecule has 0 spiro atoms. The first-order chi connectivity index (χ1) is 7.11. The summed E-state index contributed by atoms with van der Waals surface area (Å²) in [5.74, 6) is 4.80. The van der Waals surface area contributed by atoms with Gasteiger partial charge in [0.15, 0.2) is 0 Å². The van der Waals surface area contributed by atoms with Gasteiger partial charge in [0, 0.05) is 32.7 Å². The van der Waals surface area contributed by atoms with Crippen molar-refractivity contribution in [3.05, 3.63) is 42.8 Å². The van der Waals surface area contributed by atoms with Crippen LogP contribution in [0, 0.1) is 14.4 Å². The molecule has 2 N–H and O–H groups in total. The molecule has 0 aliphatic heterocycles. The van der Waals surface area contributed by atoms with Gasteiger partial charge in [-0.2, -0.15) is 0 Å². The number of carbonyl (C=O) groups excluding carboxylic acids is 1. The van der Waals surface area contributed by atoms with Gasteiger partial charge < -0.3 is 12.3 Å². The van der Waals surface area contributed by atoms with Crippen LogP contribution in [0.5, 0.6) is 0 Å². The number of nitrogens with zero attached hydrogens (tertiary/aromatic N) is 1. The third-order valence-electron chi connectivity index (χ3n) is 1.89. The molecular formula is C12H20BN2OY-. The molecule has 0 fully saturated rings. The maximum absolute atomic E-state index is 11.1. The van der Waals surface area contributed by atoms with E-state index < -0.39 is 0 Å². The van der Waals surface area contributed by atoms with E-state index in [1.54, 1.807) is 0 Å². The van der Waals surface area contributed by atoms with Crippen LogP contribution in [-0.4, -0.2) is 18.8 Å². The first kappa shape index (κ1) is 22.0. The van der Waals surface area contributed by atoms with Crippen molar-refractivity contribution in [2.45, 2.75) is 27.2 Å². The molecule has 1 amide bonds. The second kappa shape index (κ2) is 12.3. The van der Waals surface area contributed by atoms with Crippen LogP contribution in [0.25, 0.3) is 0 Å². The number of nitrogens with two attached hydrogens (primary N) is 1. The second-order valence-corrected chi connectivity index (χ2v) is 2.90. The molecule has 3 radical (unpaired) electrons. The molecule has 91 valence electrons. The standard InChI is InChI=1S/C9H11BN2O.C2H6.CH3.Y/c1-7-4-2-3-5-8(7)6-9(13)12(10)11;1-2;;/h2-5H,6,11H2,1H3;1-2H3;1H3;/q;;-1;. The van der Waals surface area contributed by atoms with Crippen molar-refractivity contribution in [3.8, 4) is 0 Å². The third kappa shape index (κ3) is 8.53. The van der Waals surface area contributed by atoms with Crippen LogP contribution in [0.3, 0.4) is 0 Å². The van der Waals surface area contributed by atoms with E-state index in [1.165, 1.54) is 0 Å². The molecule has 1 aromatic rings. The summed E-state index contributed by atoms with van der Waals surface area (Å²) in [6.07, 6.45) is 0.250. The minimum Gasteiger partial charge on any atom is -0.358 e. The Kier molecular flexibility index (Phi) is 15.9. The fourth-order valence-corrected chi connectivity index (χ4v) is 1.06. The van der Waals surface area contributed by atoms with Crippen LogP contribution >= 0.6 is 0 Å². The largest absolute Gasteiger partial charge is 0.358 e. The Bertz CT molecular complexity index is 319. The number of hydrazine groups is 1. The predicted molar refractivity (Wildman–Crippen MR) is 69.4 cm³/mol. The van der Waals surface area contributed by atoms with Gasteiger partial charge in [-0.1, -0.05) is 38.1 Å². The van der Waals surface area contributed by atoms with Crippen LogP contribution in [0.1, 0.15) is 25.0 Å². The smallest absolute Gasteiger partial charge is 0.257 e. The van der Waals surface area contributed by atoms with E-state index in [-0.39, 0.29) is 52.5 Å². The van der Waals surface area contributed by atoms with Gasteiger partial charge in [-0.25, -0.2) is 0 Å². The molecule has 1 rings (SSSR count). The van der Waals surface area contributed by atoms with Crippen molar-refractivity contribution < 1.29 is 37.5 Å². The number of hydrogen-bond acceptors (Lipinski definition) is 2. The van der Waals surface area contributed by atoms with Gasteiger partial charge in [0.2, 0.25) is 5.91 Å². The zero-order valence-electron chi connectivity index (χ0n) is 11.1. The molecule has 3 nitrogen and oxygen atoms in total. The zero-order valence-corrected chi connectivity index (χ0v) is 13.9. The van der Waals surface area contributed by atoms with Gasteiger partial charge >= 0.3 is 0 Å². The van der Waals surface area contributed by atoms with E-state index in [0.717, 1.165) is 11.1 Å². The van der Waals surface area contributed by atoms with E-state index in [1.807, 2.05) is 45.0 Å². The Balaban J connectivity index is -0.000000464. The predicted octanol–water partition coefficient (Wildman–Crippen LogP) is 1.80. The summed E-state index contributed by atoms with van der Waals surface area (Å²) in [5, 5.41) is 0. The summed E-state index contributed by atoms with van der Waals surface area (Å²) in [4.78, 5) is 11.8. The average Bonchev–Trinajstić information content (AvgIpc) is 2.24. The normalized spacial score (nSPS) is 7.76. The molecule has 0 aliphatic rings. The number of benzene rings is 1. The van der Waals surface area contributed by atoms with Gasteiger partial charge in [-0.15, -0.1) is 0 Å². The number of carbonyl (C=O) groups is 1. The fourth-order valence-electron chi connectivity index (χ4n) is 1.06. The summed E-state index contributed by atoms with van der Waals surface area (Å²) < 4.78 is 0. The Labute approximate surface area is 131 Å². The van der Waals surface area contributed by atoms with Crippen molar-refractivity contribution in [1.82, 2.24) is 4.92 Å². The molecule has 0 aliphatic carbocycles. The Morgan fingerprint density at radius 3 is 2.24 bits per heavy atom. The van der Waals surface area contributed by atoms with Crippen molar-refractivity contribution in [2.75, 3.05) is 0 Å². The maximum Gasteiger partial charge on any atom is 0.257 e. The zero-order chi connectivity index (χ0) is 11.8. The molecule has 0 saturated carbocycles. The van der Waals surface area contributed by atoms with Crippen LogP contribution < -0.4 is 5.84 Å². The number of rotatable bonds is 2. The summed E-state index contributed by atoms with van der Waals surface area (Å²) in [7, 11) is 5.10. The van der Waals surface area contributed by atoms with E-state index in [2.05, 4.69) is 0 Å². The minimum atomic E-state index is -0.297. The molecule has 0 aromatic heterocycles. The Hall–Kier alpha value is -0.181. The molecule has 0 bridgehead atoms. The third-order valence-corrected chi connectivity index (χ3v) is 1.89. The van der Waals surface area contributed by atoms with Crippen molar-refractivity contribution in [1.29, 1.82) is 0 Å². The van der Waals surface area contributed by atoms with Crippen LogP contribution in [-0.2, 0) is 43.9 Å². The molecule has 0 unspecified atom stereocenters. The first-order valence-corrected chi connectivity index (χ1v) is 4.98. The van der Waals surface area contributed by atoms with Crippen molar-refractivity contribution in [2.24, 2.45) is 5.84 Å². The second-order valence-electron chi connectivity index (χ2n) is 2.90. The monoisotopic (exact) mass is 308 g/mol. The summed E-state index contributed by atoms with van der Waals surface area (Å²) in [6, 6.07) is 7.63.